The minimum atomic E-state index is -0.275. The van der Waals surface area contributed by atoms with Crippen LogP contribution in [0.2, 0.25) is 0 Å². The number of hydrogen-bond donors (Lipinski definition) is 2. The van der Waals surface area contributed by atoms with Gasteiger partial charge in [0.25, 0.3) is 0 Å². The molecule has 0 aromatic heterocycles. The molecule has 0 radical (unpaired) electrons. The highest BCUT2D eigenvalue weighted by Crippen LogP contribution is 1.80. The van der Waals surface area contributed by atoms with Crippen LogP contribution in [0.15, 0.2) is 0 Å². The summed E-state index contributed by atoms with van der Waals surface area (Å²) in [6.45, 7) is 5.66. The summed E-state index contributed by atoms with van der Waals surface area (Å²) in [5.41, 5.74) is 0. The second-order valence-electron chi connectivity index (χ2n) is 2.60. The highest BCUT2D eigenvalue weighted by atomic mass is 16.6. The zero-order valence-corrected chi connectivity index (χ0v) is 9.98. The van der Waals surface area contributed by atoms with Crippen LogP contribution in [0.25, 0.3) is 0 Å². The van der Waals surface area contributed by atoms with E-state index in [-0.39, 0.29) is 19.2 Å². The largest absolute Gasteiger partial charge is 0.463 e. The normalized spacial score (nSPS) is 9.25. The van der Waals surface area contributed by atoms with Crippen LogP contribution in [0.1, 0.15) is 13.8 Å². The summed E-state index contributed by atoms with van der Waals surface area (Å²) in [4.78, 5) is 10.3. The number of rotatable bonds is 8. The van der Waals surface area contributed by atoms with Gasteiger partial charge in [0.15, 0.2) is 0 Å². The Labute approximate surface area is 96.1 Å². The first-order valence-electron chi connectivity index (χ1n) is 5.19. The van der Waals surface area contributed by atoms with Crippen molar-refractivity contribution in [2.24, 2.45) is 0 Å². The molecule has 98 valence electrons. The predicted octanol–water partition coefficient (Wildman–Crippen LogP) is -0.426. The van der Waals surface area contributed by atoms with Gasteiger partial charge in [-0.25, -0.2) is 0 Å². The lowest BCUT2D eigenvalue weighted by Crippen LogP contribution is -2.10. The molecular weight excluding hydrogens is 216 g/mol. The number of aliphatic hydroxyl groups excluding tert-OH is 2. The fourth-order valence-electron chi connectivity index (χ4n) is 0.609. The lowest BCUT2D eigenvalue weighted by Gasteiger charge is -2.03. The summed E-state index contributed by atoms with van der Waals surface area (Å²) < 4.78 is 14.8. The number of carbonyl (C=O) groups excluding carboxylic acids is 1. The highest BCUT2D eigenvalue weighted by molar-refractivity contribution is 5.65. The van der Waals surface area contributed by atoms with Crippen molar-refractivity contribution in [1.82, 2.24) is 0 Å². The van der Waals surface area contributed by atoms with E-state index in [1.54, 1.807) is 0 Å². The molecule has 0 aliphatic rings. The molecule has 0 rings (SSSR count). The Morgan fingerprint density at radius 1 is 1.00 bits per heavy atom. The molecule has 6 nitrogen and oxygen atoms in total. The Balaban J connectivity index is 0. The van der Waals surface area contributed by atoms with E-state index in [0.29, 0.717) is 33.0 Å². The molecule has 2 N–H and O–H groups in total. The maximum absolute atomic E-state index is 10.3. The van der Waals surface area contributed by atoms with E-state index in [1.165, 1.54) is 6.92 Å². The van der Waals surface area contributed by atoms with E-state index in [1.807, 2.05) is 6.92 Å². The van der Waals surface area contributed by atoms with Crippen molar-refractivity contribution in [1.29, 1.82) is 0 Å². The van der Waals surface area contributed by atoms with Crippen LogP contribution in [0.5, 0.6) is 0 Å². The molecule has 16 heavy (non-hydrogen) atoms. The average Bonchev–Trinajstić information content (AvgIpc) is 2.28. The van der Waals surface area contributed by atoms with Gasteiger partial charge in [0, 0.05) is 13.5 Å². The van der Waals surface area contributed by atoms with Gasteiger partial charge >= 0.3 is 5.97 Å². The van der Waals surface area contributed by atoms with Crippen molar-refractivity contribution in [3.8, 4) is 0 Å². The van der Waals surface area contributed by atoms with E-state index >= 15 is 0 Å². The van der Waals surface area contributed by atoms with E-state index in [0.717, 1.165) is 0 Å². The fourth-order valence-corrected chi connectivity index (χ4v) is 0.609. The van der Waals surface area contributed by atoms with Crippen LogP contribution in [0, 0.1) is 0 Å². The van der Waals surface area contributed by atoms with Gasteiger partial charge in [0.1, 0.15) is 6.61 Å². The van der Waals surface area contributed by atoms with Crippen LogP contribution in [-0.2, 0) is 19.0 Å². The molecule has 0 saturated carbocycles. The topological polar surface area (TPSA) is 85.2 Å². The molecule has 0 bridgehead atoms. The van der Waals surface area contributed by atoms with Crippen molar-refractivity contribution in [3.05, 3.63) is 0 Å². The van der Waals surface area contributed by atoms with Gasteiger partial charge in [0.05, 0.1) is 33.0 Å². The molecule has 0 aromatic rings. The summed E-state index contributed by atoms with van der Waals surface area (Å²) >= 11 is 0. The Kier molecular flexibility index (Phi) is 18.5. The van der Waals surface area contributed by atoms with E-state index in [2.05, 4.69) is 4.74 Å². The number of carbonyl (C=O) groups is 1. The maximum Gasteiger partial charge on any atom is 0.302 e. The molecule has 0 fully saturated rings. The second-order valence-corrected chi connectivity index (χ2v) is 2.60. The minimum absolute atomic E-state index is 0.125. The molecule has 0 unspecified atom stereocenters. The van der Waals surface area contributed by atoms with Gasteiger partial charge < -0.3 is 24.4 Å². The van der Waals surface area contributed by atoms with Crippen LogP contribution >= 0.6 is 0 Å². The van der Waals surface area contributed by atoms with Crippen molar-refractivity contribution < 1.29 is 29.2 Å². The van der Waals surface area contributed by atoms with Gasteiger partial charge in [-0.2, -0.15) is 0 Å². The molecule has 0 amide bonds. The van der Waals surface area contributed by atoms with E-state index < -0.39 is 0 Å². The molecule has 6 heteroatoms. The van der Waals surface area contributed by atoms with Crippen molar-refractivity contribution in [3.63, 3.8) is 0 Å². The van der Waals surface area contributed by atoms with Gasteiger partial charge in [-0.15, -0.1) is 0 Å². The first-order chi connectivity index (χ1) is 7.68. The number of aliphatic hydroxyl groups is 2. The molecule has 0 atom stereocenters. The van der Waals surface area contributed by atoms with Crippen molar-refractivity contribution in [2.75, 3.05) is 46.2 Å². The molecular formula is C10H22O6. The monoisotopic (exact) mass is 238 g/mol. The predicted molar refractivity (Wildman–Crippen MR) is 58.1 cm³/mol. The Bertz CT molecular complexity index is 137. The quantitative estimate of drug-likeness (QED) is 0.441. The summed E-state index contributed by atoms with van der Waals surface area (Å²) in [5.74, 6) is -0.275. The summed E-state index contributed by atoms with van der Waals surface area (Å²) in [7, 11) is 0. The third-order valence-corrected chi connectivity index (χ3v) is 1.21. The lowest BCUT2D eigenvalue weighted by molar-refractivity contribution is -0.142. The number of hydrogen-bond acceptors (Lipinski definition) is 6. The van der Waals surface area contributed by atoms with Gasteiger partial charge in [-0.3, -0.25) is 4.79 Å². The molecule has 0 aromatic carbocycles. The molecule has 0 spiro atoms. The van der Waals surface area contributed by atoms with Crippen LogP contribution in [-0.4, -0.2) is 62.4 Å². The van der Waals surface area contributed by atoms with Crippen molar-refractivity contribution in [2.45, 2.75) is 13.8 Å². The summed E-state index contributed by atoms with van der Waals surface area (Å²) in [6.07, 6.45) is 0. The lowest BCUT2D eigenvalue weighted by atomic mass is 10.7. The van der Waals surface area contributed by atoms with Crippen molar-refractivity contribution >= 4 is 5.97 Å². The maximum atomic E-state index is 10.3. The minimum Gasteiger partial charge on any atom is -0.463 e. The van der Waals surface area contributed by atoms with Gasteiger partial charge in [-0.1, -0.05) is 0 Å². The van der Waals surface area contributed by atoms with E-state index in [4.69, 9.17) is 19.7 Å². The summed E-state index contributed by atoms with van der Waals surface area (Å²) in [6, 6.07) is 0. The Hall–Kier alpha value is -0.690. The third kappa shape index (κ3) is 23.3. The number of ether oxygens (including phenoxy) is 3. The van der Waals surface area contributed by atoms with Crippen LogP contribution < -0.4 is 0 Å². The molecule has 0 aliphatic carbocycles. The van der Waals surface area contributed by atoms with Gasteiger partial charge in [-0.05, 0) is 6.92 Å². The van der Waals surface area contributed by atoms with Crippen LogP contribution in [0.4, 0.5) is 0 Å². The average molecular weight is 238 g/mol. The SMILES string of the molecule is CCOCCOCCOC(C)=O.OCCO. The zero-order valence-electron chi connectivity index (χ0n) is 9.98. The fraction of sp³-hybridized carbons (Fsp3) is 0.900. The zero-order chi connectivity index (χ0) is 12.6. The summed E-state index contributed by atoms with van der Waals surface area (Å²) in [5, 5.41) is 15.2. The smallest absolute Gasteiger partial charge is 0.302 e. The van der Waals surface area contributed by atoms with Gasteiger partial charge in [0.2, 0.25) is 0 Å². The highest BCUT2D eigenvalue weighted by Gasteiger charge is 1.92. The molecule has 0 heterocycles. The number of esters is 1. The molecule has 0 saturated heterocycles. The third-order valence-electron chi connectivity index (χ3n) is 1.21. The second kappa shape index (κ2) is 16.7. The Morgan fingerprint density at radius 3 is 1.94 bits per heavy atom. The first-order valence-corrected chi connectivity index (χ1v) is 5.19. The standard InChI is InChI=1S/C8H16O4.C2H6O2/c1-3-10-4-5-11-6-7-12-8(2)9;3-1-2-4/h3-7H2,1-2H3;3-4H,1-2H2. The van der Waals surface area contributed by atoms with E-state index in [9.17, 15) is 4.79 Å². The Morgan fingerprint density at radius 2 is 1.50 bits per heavy atom. The first kappa shape index (κ1) is 17.7. The molecule has 0 aliphatic heterocycles. The van der Waals surface area contributed by atoms with Crippen LogP contribution in [0.3, 0.4) is 0 Å².